The Morgan fingerprint density at radius 2 is 2.09 bits per heavy atom. The number of carbonyl (C=O) groups excluding carboxylic acids is 1. The molecule has 23 heavy (non-hydrogen) atoms. The maximum absolute atomic E-state index is 12.8. The Bertz CT molecular complexity index is 514. The van der Waals surface area contributed by atoms with Gasteiger partial charge in [0.05, 0.1) is 19.3 Å². The van der Waals surface area contributed by atoms with Crippen molar-refractivity contribution < 1.29 is 9.53 Å². The minimum absolute atomic E-state index is 0. The molecule has 1 aromatic rings. The first kappa shape index (κ1) is 18.5. The van der Waals surface area contributed by atoms with Gasteiger partial charge in [0.2, 0.25) is 5.91 Å². The predicted molar refractivity (Wildman–Crippen MR) is 94.2 cm³/mol. The third kappa shape index (κ3) is 4.83. The lowest BCUT2D eigenvalue weighted by molar-refractivity contribution is -0.135. The van der Waals surface area contributed by atoms with Gasteiger partial charge < -0.3 is 15.0 Å². The van der Waals surface area contributed by atoms with Gasteiger partial charge in [0.25, 0.3) is 0 Å². The van der Waals surface area contributed by atoms with Crippen LogP contribution in [0.1, 0.15) is 37.8 Å². The standard InChI is InChI=1S/C17H23ClN2O2.ClH/c1-12(13-2-4-14(18)5-3-13)20(16-6-7-16)17(21)10-15-11-22-9-8-19-15;/h2-5,12,15-16,19H,6-11H2,1H3;1H. The predicted octanol–water partition coefficient (Wildman–Crippen LogP) is 3.19. The van der Waals surface area contributed by atoms with Crippen molar-refractivity contribution in [2.75, 3.05) is 19.8 Å². The van der Waals surface area contributed by atoms with Gasteiger partial charge >= 0.3 is 0 Å². The molecule has 1 N–H and O–H groups in total. The number of hydrogen-bond acceptors (Lipinski definition) is 3. The molecule has 0 bridgehead atoms. The molecule has 2 atom stereocenters. The fraction of sp³-hybridized carbons (Fsp3) is 0.588. The zero-order chi connectivity index (χ0) is 15.5. The van der Waals surface area contributed by atoms with Gasteiger partial charge in [0, 0.05) is 30.1 Å². The molecule has 1 saturated carbocycles. The summed E-state index contributed by atoms with van der Waals surface area (Å²) in [4.78, 5) is 14.8. The van der Waals surface area contributed by atoms with E-state index in [4.69, 9.17) is 16.3 Å². The molecule has 1 aliphatic heterocycles. The largest absolute Gasteiger partial charge is 0.378 e. The second-order valence-electron chi connectivity index (χ2n) is 6.19. The van der Waals surface area contributed by atoms with E-state index in [2.05, 4.69) is 17.1 Å². The molecular weight excluding hydrogens is 335 g/mol. The summed E-state index contributed by atoms with van der Waals surface area (Å²) in [5.41, 5.74) is 1.14. The van der Waals surface area contributed by atoms with Gasteiger partial charge in [0.15, 0.2) is 0 Å². The van der Waals surface area contributed by atoms with Gasteiger partial charge in [0.1, 0.15) is 0 Å². The quantitative estimate of drug-likeness (QED) is 0.878. The number of hydrogen-bond donors (Lipinski definition) is 1. The summed E-state index contributed by atoms with van der Waals surface area (Å²) in [7, 11) is 0. The van der Waals surface area contributed by atoms with Crippen LogP contribution in [-0.2, 0) is 9.53 Å². The molecule has 128 valence electrons. The summed E-state index contributed by atoms with van der Waals surface area (Å²) in [5.74, 6) is 0.216. The lowest BCUT2D eigenvalue weighted by Crippen LogP contribution is -2.46. The number of rotatable bonds is 5. The minimum Gasteiger partial charge on any atom is -0.378 e. The molecule has 2 unspecified atom stereocenters. The van der Waals surface area contributed by atoms with Crippen molar-refractivity contribution in [2.45, 2.75) is 44.3 Å². The van der Waals surface area contributed by atoms with Gasteiger partial charge in [-0.2, -0.15) is 0 Å². The second-order valence-corrected chi connectivity index (χ2v) is 6.63. The number of nitrogens with zero attached hydrogens (tertiary/aromatic N) is 1. The molecular formula is C17H24Cl2N2O2. The van der Waals surface area contributed by atoms with Crippen molar-refractivity contribution >= 4 is 29.9 Å². The van der Waals surface area contributed by atoms with Crippen LogP contribution in [0.15, 0.2) is 24.3 Å². The highest BCUT2D eigenvalue weighted by Gasteiger charge is 2.37. The van der Waals surface area contributed by atoms with Crippen LogP contribution in [0.3, 0.4) is 0 Å². The van der Waals surface area contributed by atoms with E-state index < -0.39 is 0 Å². The number of nitrogens with one attached hydrogen (secondary N) is 1. The SMILES string of the molecule is CC(c1ccc(Cl)cc1)N(C(=O)CC1COCCN1)C1CC1.Cl. The van der Waals surface area contributed by atoms with Crippen LogP contribution >= 0.6 is 24.0 Å². The van der Waals surface area contributed by atoms with Crippen LogP contribution in [0.4, 0.5) is 0 Å². The van der Waals surface area contributed by atoms with E-state index >= 15 is 0 Å². The van der Waals surface area contributed by atoms with Crippen LogP contribution in [0, 0.1) is 0 Å². The Hall–Kier alpha value is -0.810. The van der Waals surface area contributed by atoms with Crippen LogP contribution in [0.25, 0.3) is 0 Å². The zero-order valence-corrected chi connectivity index (χ0v) is 14.9. The molecule has 1 aliphatic carbocycles. The molecule has 1 heterocycles. The molecule has 2 fully saturated rings. The Morgan fingerprint density at radius 1 is 1.39 bits per heavy atom. The van der Waals surface area contributed by atoms with E-state index in [1.54, 1.807) is 0 Å². The van der Waals surface area contributed by atoms with Crippen LogP contribution in [0.5, 0.6) is 0 Å². The summed E-state index contributed by atoms with van der Waals surface area (Å²) in [6, 6.07) is 8.41. The second kappa shape index (κ2) is 8.34. The number of benzene rings is 1. The van der Waals surface area contributed by atoms with Crippen molar-refractivity contribution in [3.8, 4) is 0 Å². The topological polar surface area (TPSA) is 41.6 Å². The summed E-state index contributed by atoms with van der Waals surface area (Å²) >= 11 is 5.96. The average molecular weight is 359 g/mol. The van der Waals surface area contributed by atoms with E-state index in [0.717, 1.165) is 36.6 Å². The molecule has 2 aliphatic rings. The van der Waals surface area contributed by atoms with Crippen molar-refractivity contribution in [1.82, 2.24) is 10.2 Å². The van der Waals surface area contributed by atoms with E-state index in [-0.39, 0.29) is 30.4 Å². The van der Waals surface area contributed by atoms with E-state index in [1.165, 1.54) is 0 Å². The van der Waals surface area contributed by atoms with Crippen molar-refractivity contribution in [3.63, 3.8) is 0 Å². The first-order chi connectivity index (χ1) is 10.6. The maximum atomic E-state index is 12.8. The highest BCUT2D eigenvalue weighted by atomic mass is 35.5. The van der Waals surface area contributed by atoms with Gasteiger partial charge in [-0.05, 0) is 37.5 Å². The van der Waals surface area contributed by atoms with Gasteiger partial charge in [-0.25, -0.2) is 0 Å². The molecule has 0 radical (unpaired) electrons. The first-order valence-electron chi connectivity index (χ1n) is 8.03. The lowest BCUT2D eigenvalue weighted by Gasteiger charge is -2.32. The highest BCUT2D eigenvalue weighted by Crippen LogP contribution is 2.35. The molecule has 4 nitrogen and oxygen atoms in total. The van der Waals surface area contributed by atoms with Gasteiger partial charge in [-0.15, -0.1) is 12.4 Å². The van der Waals surface area contributed by atoms with Crippen LogP contribution in [0.2, 0.25) is 5.02 Å². The number of amides is 1. The maximum Gasteiger partial charge on any atom is 0.224 e. The Kier molecular flexibility index (Phi) is 6.72. The minimum atomic E-state index is 0. The summed E-state index contributed by atoms with van der Waals surface area (Å²) in [6.07, 6.45) is 2.73. The molecule has 1 saturated heterocycles. The first-order valence-corrected chi connectivity index (χ1v) is 8.40. The molecule has 3 rings (SSSR count). The number of halogens is 2. The van der Waals surface area contributed by atoms with E-state index in [0.29, 0.717) is 19.1 Å². The third-order valence-corrected chi connectivity index (χ3v) is 4.67. The highest BCUT2D eigenvalue weighted by molar-refractivity contribution is 6.30. The monoisotopic (exact) mass is 358 g/mol. The number of ether oxygens (including phenoxy) is 1. The van der Waals surface area contributed by atoms with Crippen molar-refractivity contribution in [1.29, 1.82) is 0 Å². The average Bonchev–Trinajstić information content (AvgIpc) is 3.34. The number of carbonyl (C=O) groups is 1. The Labute approximate surface area is 148 Å². The third-order valence-electron chi connectivity index (χ3n) is 4.42. The summed E-state index contributed by atoms with van der Waals surface area (Å²) < 4.78 is 5.45. The summed E-state index contributed by atoms with van der Waals surface area (Å²) in [6.45, 7) is 4.29. The molecule has 0 spiro atoms. The molecule has 1 amide bonds. The van der Waals surface area contributed by atoms with Crippen LogP contribution in [-0.4, -0.2) is 42.6 Å². The van der Waals surface area contributed by atoms with Gasteiger partial charge in [-0.1, -0.05) is 23.7 Å². The lowest BCUT2D eigenvalue weighted by atomic mass is 10.1. The fourth-order valence-electron chi connectivity index (χ4n) is 3.06. The van der Waals surface area contributed by atoms with E-state index in [9.17, 15) is 4.79 Å². The van der Waals surface area contributed by atoms with E-state index in [1.807, 2.05) is 24.3 Å². The van der Waals surface area contributed by atoms with Crippen molar-refractivity contribution in [3.05, 3.63) is 34.9 Å². The molecule has 6 heteroatoms. The normalized spacial score (nSPS) is 22.1. The Morgan fingerprint density at radius 3 is 2.65 bits per heavy atom. The van der Waals surface area contributed by atoms with Crippen molar-refractivity contribution in [2.24, 2.45) is 0 Å². The molecule has 0 aromatic heterocycles. The van der Waals surface area contributed by atoms with Gasteiger partial charge in [-0.3, -0.25) is 4.79 Å². The van der Waals surface area contributed by atoms with Crippen LogP contribution < -0.4 is 5.32 Å². The summed E-state index contributed by atoms with van der Waals surface area (Å²) in [5, 5.41) is 4.09. The number of morpholine rings is 1. The molecule has 1 aromatic carbocycles. The fourth-order valence-corrected chi connectivity index (χ4v) is 3.18. The zero-order valence-electron chi connectivity index (χ0n) is 13.3. The smallest absolute Gasteiger partial charge is 0.224 e. The Balaban J connectivity index is 0.00000192.